The van der Waals surface area contributed by atoms with E-state index in [0.29, 0.717) is 11.5 Å². The molecule has 3 aromatic rings. The maximum absolute atomic E-state index is 12.3. The van der Waals surface area contributed by atoms with Gasteiger partial charge in [0.2, 0.25) is 5.89 Å². The van der Waals surface area contributed by atoms with Crippen LogP contribution in [0.2, 0.25) is 0 Å². The number of ether oxygens (including phenoxy) is 1. The van der Waals surface area contributed by atoms with Crippen LogP contribution in [0, 0.1) is 0 Å². The molecular formula is C18H18N4O3. The standard InChI is InChI=1S/C18H18N4O3/c1-22(2)14-8-4-12(5-9-14)16(23)19-18-21-20-17(25-18)13-6-10-15(24-3)11-7-13/h4-11H,1-3H3,(H,19,21,23). The summed E-state index contributed by atoms with van der Waals surface area (Å²) in [6, 6.07) is 14.5. The average molecular weight is 338 g/mol. The van der Waals surface area contributed by atoms with Gasteiger partial charge in [-0.25, -0.2) is 0 Å². The van der Waals surface area contributed by atoms with Crippen molar-refractivity contribution in [1.29, 1.82) is 0 Å². The summed E-state index contributed by atoms with van der Waals surface area (Å²) in [4.78, 5) is 14.2. The molecule has 1 N–H and O–H groups in total. The second kappa shape index (κ2) is 7.04. The molecule has 0 aliphatic rings. The summed E-state index contributed by atoms with van der Waals surface area (Å²) in [6.07, 6.45) is 0. The Bertz CT molecular complexity index is 855. The zero-order chi connectivity index (χ0) is 17.8. The van der Waals surface area contributed by atoms with Crippen LogP contribution in [-0.2, 0) is 0 Å². The number of hydrogen-bond donors (Lipinski definition) is 1. The highest BCUT2D eigenvalue weighted by Gasteiger charge is 2.13. The molecule has 128 valence electrons. The Labute approximate surface area is 145 Å². The van der Waals surface area contributed by atoms with E-state index in [1.165, 1.54) is 0 Å². The highest BCUT2D eigenvalue weighted by Crippen LogP contribution is 2.22. The highest BCUT2D eigenvalue weighted by atomic mass is 16.5. The van der Waals surface area contributed by atoms with Crippen LogP contribution in [0.25, 0.3) is 11.5 Å². The molecule has 7 nitrogen and oxygen atoms in total. The third-order valence-corrected chi connectivity index (χ3v) is 3.63. The van der Waals surface area contributed by atoms with E-state index in [-0.39, 0.29) is 11.9 Å². The number of hydrogen-bond acceptors (Lipinski definition) is 6. The van der Waals surface area contributed by atoms with E-state index >= 15 is 0 Å². The monoisotopic (exact) mass is 338 g/mol. The number of carbonyl (C=O) groups excluding carboxylic acids is 1. The van der Waals surface area contributed by atoms with Crippen molar-refractivity contribution in [2.75, 3.05) is 31.4 Å². The average Bonchev–Trinajstić information content (AvgIpc) is 3.10. The quantitative estimate of drug-likeness (QED) is 0.770. The SMILES string of the molecule is COc1ccc(-c2nnc(NC(=O)c3ccc(N(C)C)cc3)o2)cc1. The lowest BCUT2D eigenvalue weighted by atomic mass is 10.2. The van der Waals surface area contributed by atoms with Crippen molar-refractivity contribution in [2.45, 2.75) is 0 Å². The summed E-state index contributed by atoms with van der Waals surface area (Å²) >= 11 is 0. The van der Waals surface area contributed by atoms with Crippen molar-refractivity contribution < 1.29 is 13.9 Å². The van der Waals surface area contributed by atoms with Crippen LogP contribution >= 0.6 is 0 Å². The fourth-order valence-corrected chi connectivity index (χ4v) is 2.20. The van der Waals surface area contributed by atoms with Crippen molar-refractivity contribution in [3.63, 3.8) is 0 Å². The highest BCUT2D eigenvalue weighted by molar-refractivity contribution is 6.03. The predicted octanol–water partition coefficient (Wildman–Crippen LogP) is 3.06. The fraction of sp³-hybridized carbons (Fsp3) is 0.167. The van der Waals surface area contributed by atoms with Gasteiger partial charge in [-0.1, -0.05) is 5.10 Å². The Morgan fingerprint density at radius 1 is 1.04 bits per heavy atom. The van der Waals surface area contributed by atoms with Crippen LogP contribution in [0.15, 0.2) is 52.9 Å². The van der Waals surface area contributed by atoms with E-state index in [4.69, 9.17) is 9.15 Å². The van der Waals surface area contributed by atoms with Gasteiger partial charge in [0.15, 0.2) is 0 Å². The summed E-state index contributed by atoms with van der Waals surface area (Å²) in [5.41, 5.74) is 2.26. The molecule has 0 unspecified atom stereocenters. The van der Waals surface area contributed by atoms with E-state index in [1.54, 1.807) is 43.5 Å². The Kier molecular flexibility index (Phi) is 4.65. The van der Waals surface area contributed by atoms with Crippen molar-refractivity contribution in [3.8, 4) is 17.2 Å². The largest absolute Gasteiger partial charge is 0.497 e. The zero-order valence-electron chi connectivity index (χ0n) is 14.2. The van der Waals surface area contributed by atoms with Crippen molar-refractivity contribution in [2.24, 2.45) is 0 Å². The molecule has 0 spiro atoms. The minimum Gasteiger partial charge on any atom is -0.497 e. The van der Waals surface area contributed by atoms with Crippen molar-refractivity contribution in [1.82, 2.24) is 10.2 Å². The summed E-state index contributed by atoms with van der Waals surface area (Å²) in [6.45, 7) is 0. The van der Waals surface area contributed by atoms with Gasteiger partial charge in [-0.2, -0.15) is 0 Å². The number of amides is 1. The first-order valence-corrected chi connectivity index (χ1v) is 7.63. The normalized spacial score (nSPS) is 10.4. The number of nitrogens with zero attached hydrogens (tertiary/aromatic N) is 3. The molecule has 0 aliphatic carbocycles. The Balaban J connectivity index is 1.70. The Morgan fingerprint density at radius 2 is 1.72 bits per heavy atom. The number of benzene rings is 2. The Hall–Kier alpha value is -3.35. The van der Waals surface area contributed by atoms with E-state index in [2.05, 4.69) is 15.5 Å². The molecule has 0 saturated heterocycles. The van der Waals surface area contributed by atoms with Gasteiger partial charge in [-0.05, 0) is 48.5 Å². The maximum Gasteiger partial charge on any atom is 0.322 e. The van der Waals surface area contributed by atoms with E-state index < -0.39 is 0 Å². The first-order chi connectivity index (χ1) is 12.1. The van der Waals surface area contributed by atoms with Gasteiger partial charge < -0.3 is 14.1 Å². The van der Waals surface area contributed by atoms with Gasteiger partial charge in [0.05, 0.1) is 7.11 Å². The molecule has 2 aromatic carbocycles. The van der Waals surface area contributed by atoms with Crippen LogP contribution in [0.3, 0.4) is 0 Å². The zero-order valence-corrected chi connectivity index (χ0v) is 14.2. The number of carbonyl (C=O) groups is 1. The van der Waals surface area contributed by atoms with E-state index in [9.17, 15) is 4.79 Å². The third kappa shape index (κ3) is 3.77. The lowest BCUT2D eigenvalue weighted by molar-refractivity contribution is 0.102. The van der Waals surface area contributed by atoms with E-state index in [0.717, 1.165) is 17.0 Å². The number of rotatable bonds is 5. The minimum absolute atomic E-state index is 0.0486. The summed E-state index contributed by atoms with van der Waals surface area (Å²) in [5, 5.41) is 10.4. The topological polar surface area (TPSA) is 80.5 Å². The first-order valence-electron chi connectivity index (χ1n) is 7.63. The van der Waals surface area contributed by atoms with E-state index in [1.807, 2.05) is 31.1 Å². The van der Waals surface area contributed by atoms with Crippen LogP contribution in [-0.4, -0.2) is 37.3 Å². The number of aromatic nitrogens is 2. The summed E-state index contributed by atoms with van der Waals surface area (Å²) in [7, 11) is 5.48. The maximum atomic E-state index is 12.3. The smallest absolute Gasteiger partial charge is 0.322 e. The van der Waals surface area contributed by atoms with Gasteiger partial charge >= 0.3 is 6.01 Å². The third-order valence-electron chi connectivity index (χ3n) is 3.63. The Morgan fingerprint density at radius 3 is 2.32 bits per heavy atom. The van der Waals surface area contributed by atoms with Crippen LogP contribution in [0.1, 0.15) is 10.4 Å². The molecule has 0 bridgehead atoms. The minimum atomic E-state index is -0.310. The van der Waals surface area contributed by atoms with Gasteiger partial charge in [0, 0.05) is 30.9 Å². The number of methoxy groups -OCH3 is 1. The molecule has 7 heteroatoms. The molecule has 25 heavy (non-hydrogen) atoms. The lowest BCUT2D eigenvalue weighted by Gasteiger charge is -2.12. The molecule has 0 aliphatic heterocycles. The summed E-state index contributed by atoms with van der Waals surface area (Å²) in [5.74, 6) is 0.745. The molecule has 0 radical (unpaired) electrons. The summed E-state index contributed by atoms with van der Waals surface area (Å²) < 4.78 is 10.6. The number of anilines is 2. The second-order valence-electron chi connectivity index (χ2n) is 5.54. The molecular weight excluding hydrogens is 320 g/mol. The van der Waals surface area contributed by atoms with Crippen molar-refractivity contribution in [3.05, 3.63) is 54.1 Å². The van der Waals surface area contributed by atoms with Gasteiger partial charge in [0.1, 0.15) is 5.75 Å². The molecule has 1 amide bonds. The second-order valence-corrected chi connectivity index (χ2v) is 5.54. The van der Waals surface area contributed by atoms with Crippen LogP contribution in [0.5, 0.6) is 5.75 Å². The van der Waals surface area contributed by atoms with Gasteiger partial charge in [0.25, 0.3) is 5.91 Å². The lowest BCUT2D eigenvalue weighted by Crippen LogP contribution is -2.13. The molecule has 0 saturated carbocycles. The van der Waals surface area contributed by atoms with Crippen LogP contribution < -0.4 is 15.0 Å². The van der Waals surface area contributed by atoms with Crippen molar-refractivity contribution >= 4 is 17.6 Å². The molecule has 3 rings (SSSR count). The molecule has 1 aromatic heterocycles. The van der Waals surface area contributed by atoms with Gasteiger partial charge in [-0.3, -0.25) is 10.1 Å². The first kappa shape index (κ1) is 16.5. The van der Waals surface area contributed by atoms with Gasteiger partial charge in [-0.15, -0.1) is 5.10 Å². The van der Waals surface area contributed by atoms with Crippen LogP contribution in [0.4, 0.5) is 11.7 Å². The fourth-order valence-electron chi connectivity index (χ4n) is 2.20. The molecule has 0 fully saturated rings. The number of nitrogens with one attached hydrogen (secondary N) is 1. The predicted molar refractivity (Wildman–Crippen MR) is 95.0 cm³/mol. The molecule has 1 heterocycles. The molecule has 0 atom stereocenters.